The monoisotopic (exact) mass is 283 g/mol. The number of thioether (sulfide) groups is 1. The first kappa shape index (κ1) is 15.8. The highest BCUT2D eigenvalue weighted by atomic mass is 32.2. The van der Waals surface area contributed by atoms with Crippen molar-refractivity contribution in [1.82, 2.24) is 5.43 Å². The number of hydrogen-bond donors (Lipinski definition) is 3. The van der Waals surface area contributed by atoms with Crippen LogP contribution in [-0.2, 0) is 0 Å². The van der Waals surface area contributed by atoms with Gasteiger partial charge in [0.1, 0.15) is 5.75 Å². The van der Waals surface area contributed by atoms with Gasteiger partial charge in [0, 0.05) is 11.0 Å². The Morgan fingerprint density at radius 1 is 1.47 bits per heavy atom. The van der Waals surface area contributed by atoms with Crippen LogP contribution in [0, 0.1) is 0 Å². The summed E-state index contributed by atoms with van der Waals surface area (Å²) in [5, 5.41) is 0.524. The maximum absolute atomic E-state index is 11.5. The van der Waals surface area contributed by atoms with E-state index in [1.165, 1.54) is 0 Å². The number of para-hydroxylation sites is 1. The highest BCUT2D eigenvalue weighted by molar-refractivity contribution is 7.99. The molecule has 0 aliphatic heterocycles. The van der Waals surface area contributed by atoms with Crippen LogP contribution in [0.4, 0.5) is 0 Å². The molecule has 0 heterocycles. The number of benzene rings is 1. The lowest BCUT2D eigenvalue weighted by Crippen LogP contribution is -2.30. The van der Waals surface area contributed by atoms with Crippen molar-refractivity contribution in [3.63, 3.8) is 0 Å². The van der Waals surface area contributed by atoms with Gasteiger partial charge in [0.15, 0.2) is 0 Å². The number of hydrogen-bond acceptors (Lipinski definition) is 5. The van der Waals surface area contributed by atoms with Crippen molar-refractivity contribution in [2.45, 2.75) is 18.6 Å². The molecule has 5 nitrogen and oxygen atoms in total. The Bertz CT molecular complexity index is 401. The van der Waals surface area contributed by atoms with Gasteiger partial charge >= 0.3 is 0 Å². The Balaban J connectivity index is 2.43. The summed E-state index contributed by atoms with van der Waals surface area (Å²) in [6.45, 7) is 3.40. The average molecular weight is 283 g/mol. The van der Waals surface area contributed by atoms with Crippen LogP contribution in [0.5, 0.6) is 5.75 Å². The lowest BCUT2D eigenvalue weighted by Gasteiger charge is -2.12. The Labute approximate surface area is 118 Å². The zero-order chi connectivity index (χ0) is 14.1. The molecule has 0 bridgehead atoms. The average Bonchev–Trinajstić information content (AvgIpc) is 2.43. The third kappa shape index (κ3) is 5.50. The topological polar surface area (TPSA) is 90.4 Å². The molecule has 0 aliphatic carbocycles. The van der Waals surface area contributed by atoms with E-state index in [9.17, 15) is 4.79 Å². The number of ether oxygens (including phenoxy) is 1. The van der Waals surface area contributed by atoms with E-state index in [1.54, 1.807) is 18.2 Å². The molecular weight excluding hydrogens is 262 g/mol. The van der Waals surface area contributed by atoms with E-state index in [-0.39, 0.29) is 5.91 Å². The second-order valence-corrected chi connectivity index (χ2v) is 5.62. The fourth-order valence-electron chi connectivity index (χ4n) is 1.58. The van der Waals surface area contributed by atoms with Gasteiger partial charge in [0.25, 0.3) is 5.91 Å². The molecule has 1 atom stereocenters. The van der Waals surface area contributed by atoms with Crippen molar-refractivity contribution in [1.29, 1.82) is 0 Å². The van der Waals surface area contributed by atoms with Gasteiger partial charge in [-0.25, -0.2) is 5.84 Å². The van der Waals surface area contributed by atoms with Crippen molar-refractivity contribution >= 4 is 17.7 Å². The highest BCUT2D eigenvalue weighted by Gasteiger charge is 2.10. The van der Waals surface area contributed by atoms with Gasteiger partial charge in [-0.3, -0.25) is 10.2 Å². The summed E-state index contributed by atoms with van der Waals surface area (Å²) in [6.07, 6.45) is 0.997. The molecular formula is C13H21N3O2S. The van der Waals surface area contributed by atoms with E-state index < -0.39 is 0 Å². The third-order valence-electron chi connectivity index (χ3n) is 2.58. The molecule has 5 N–H and O–H groups in total. The molecule has 0 saturated carbocycles. The fourth-order valence-corrected chi connectivity index (χ4v) is 2.46. The summed E-state index contributed by atoms with van der Waals surface area (Å²) in [5.74, 6) is 6.20. The van der Waals surface area contributed by atoms with Crippen LogP contribution in [0.15, 0.2) is 24.3 Å². The fraction of sp³-hybridized carbons (Fsp3) is 0.462. The van der Waals surface area contributed by atoms with E-state index in [1.807, 2.05) is 17.8 Å². The molecule has 1 unspecified atom stereocenters. The summed E-state index contributed by atoms with van der Waals surface area (Å²) < 4.78 is 5.62. The summed E-state index contributed by atoms with van der Waals surface area (Å²) in [7, 11) is 0. The Hall–Kier alpha value is -1.24. The number of nitrogens with two attached hydrogens (primary N) is 2. The SMILES string of the molecule is CC(CCN)SCCOc1ccccc1C(=O)NN. The number of carbonyl (C=O) groups excluding carboxylic acids is 1. The molecule has 0 fully saturated rings. The third-order valence-corrected chi connectivity index (χ3v) is 3.79. The molecule has 1 aromatic carbocycles. The van der Waals surface area contributed by atoms with Crippen LogP contribution in [0.25, 0.3) is 0 Å². The van der Waals surface area contributed by atoms with E-state index in [4.69, 9.17) is 16.3 Å². The molecule has 0 spiro atoms. The molecule has 19 heavy (non-hydrogen) atoms. The first-order valence-corrected chi connectivity index (χ1v) is 7.28. The number of nitrogens with one attached hydrogen (secondary N) is 1. The molecule has 6 heteroatoms. The zero-order valence-electron chi connectivity index (χ0n) is 11.1. The minimum absolute atomic E-state index is 0.347. The Morgan fingerprint density at radius 2 is 2.21 bits per heavy atom. The van der Waals surface area contributed by atoms with Crippen molar-refractivity contribution in [2.24, 2.45) is 11.6 Å². The van der Waals surface area contributed by atoms with E-state index in [2.05, 4.69) is 12.3 Å². The van der Waals surface area contributed by atoms with Crippen molar-refractivity contribution in [2.75, 3.05) is 18.9 Å². The van der Waals surface area contributed by atoms with Crippen LogP contribution in [0.3, 0.4) is 0 Å². The maximum Gasteiger partial charge on any atom is 0.268 e. The summed E-state index contributed by atoms with van der Waals surface area (Å²) >= 11 is 1.81. The minimum atomic E-state index is -0.347. The van der Waals surface area contributed by atoms with Gasteiger partial charge in [0.2, 0.25) is 0 Å². The molecule has 0 radical (unpaired) electrons. The summed E-state index contributed by atoms with van der Waals surface area (Å²) in [4.78, 5) is 11.5. The minimum Gasteiger partial charge on any atom is -0.492 e. The van der Waals surface area contributed by atoms with E-state index in [0.717, 1.165) is 12.2 Å². The smallest absolute Gasteiger partial charge is 0.268 e. The number of rotatable bonds is 8. The van der Waals surface area contributed by atoms with Gasteiger partial charge in [-0.15, -0.1) is 0 Å². The summed E-state index contributed by atoms with van der Waals surface area (Å²) in [5.41, 5.74) is 8.05. The van der Waals surface area contributed by atoms with Gasteiger partial charge in [-0.05, 0) is 25.1 Å². The molecule has 0 aliphatic rings. The molecule has 1 amide bonds. The van der Waals surface area contributed by atoms with Crippen molar-refractivity contribution in [3.8, 4) is 5.75 Å². The molecule has 106 valence electrons. The second-order valence-electron chi connectivity index (χ2n) is 4.08. The standard InChI is InChI=1S/C13H21N3O2S/c1-10(6-7-14)19-9-8-18-12-5-3-2-4-11(12)13(17)16-15/h2-5,10H,6-9,14-15H2,1H3,(H,16,17). The number of amides is 1. The second kappa shape index (κ2) is 8.79. The molecule has 1 aromatic rings. The van der Waals surface area contributed by atoms with Crippen LogP contribution >= 0.6 is 11.8 Å². The van der Waals surface area contributed by atoms with Gasteiger partial charge in [-0.2, -0.15) is 11.8 Å². The first-order chi connectivity index (χ1) is 9.19. The van der Waals surface area contributed by atoms with Gasteiger partial charge in [-0.1, -0.05) is 19.1 Å². The molecule has 0 aromatic heterocycles. The molecule has 1 rings (SSSR count). The van der Waals surface area contributed by atoms with Crippen LogP contribution in [0.1, 0.15) is 23.7 Å². The summed E-state index contributed by atoms with van der Waals surface area (Å²) in [6, 6.07) is 7.04. The van der Waals surface area contributed by atoms with E-state index in [0.29, 0.717) is 29.7 Å². The maximum atomic E-state index is 11.5. The largest absolute Gasteiger partial charge is 0.492 e. The quantitative estimate of drug-likeness (QED) is 0.288. The van der Waals surface area contributed by atoms with Crippen molar-refractivity contribution in [3.05, 3.63) is 29.8 Å². The number of hydrazine groups is 1. The Kier molecular flexibility index (Phi) is 7.32. The van der Waals surface area contributed by atoms with Gasteiger partial charge < -0.3 is 10.5 Å². The van der Waals surface area contributed by atoms with E-state index >= 15 is 0 Å². The van der Waals surface area contributed by atoms with Crippen LogP contribution in [0.2, 0.25) is 0 Å². The lowest BCUT2D eigenvalue weighted by atomic mass is 10.2. The number of carbonyl (C=O) groups is 1. The predicted molar refractivity (Wildman–Crippen MR) is 79.2 cm³/mol. The number of nitrogen functional groups attached to an aromatic ring is 1. The predicted octanol–water partition coefficient (Wildman–Crippen LogP) is 1.14. The van der Waals surface area contributed by atoms with Crippen LogP contribution < -0.4 is 21.7 Å². The van der Waals surface area contributed by atoms with Crippen LogP contribution in [-0.4, -0.2) is 30.1 Å². The highest BCUT2D eigenvalue weighted by Crippen LogP contribution is 2.19. The van der Waals surface area contributed by atoms with Crippen molar-refractivity contribution < 1.29 is 9.53 Å². The normalized spacial score (nSPS) is 11.9. The molecule has 0 saturated heterocycles. The Morgan fingerprint density at radius 3 is 2.89 bits per heavy atom. The first-order valence-electron chi connectivity index (χ1n) is 6.23. The van der Waals surface area contributed by atoms with Gasteiger partial charge in [0.05, 0.1) is 12.2 Å². The lowest BCUT2D eigenvalue weighted by molar-refractivity contribution is 0.0950. The zero-order valence-corrected chi connectivity index (χ0v) is 11.9.